The van der Waals surface area contributed by atoms with Crippen LogP contribution in [0, 0.1) is 11.7 Å². The van der Waals surface area contributed by atoms with Crippen molar-refractivity contribution in [2.75, 3.05) is 7.11 Å². The van der Waals surface area contributed by atoms with Crippen LogP contribution in [0.1, 0.15) is 32.4 Å². The van der Waals surface area contributed by atoms with E-state index in [1.807, 2.05) is 13.8 Å². The Balaban J connectivity index is 2.87. The van der Waals surface area contributed by atoms with E-state index in [9.17, 15) is 14.3 Å². The number of nitrogens with one attached hydrogen (secondary N) is 1. The van der Waals surface area contributed by atoms with Gasteiger partial charge in [0.15, 0.2) is 0 Å². The highest BCUT2D eigenvalue weighted by Crippen LogP contribution is 2.22. The highest BCUT2D eigenvalue weighted by Gasteiger charge is 2.25. The molecule has 0 aliphatic heterocycles. The SMILES string of the molecule is COC(=O)C(NC(C)c1ccc(O)cc1F)C(C)C. The lowest BCUT2D eigenvalue weighted by Gasteiger charge is -2.24. The zero-order chi connectivity index (χ0) is 14.6. The normalized spacial score (nSPS) is 14.2. The van der Waals surface area contributed by atoms with Crippen LogP contribution in [0.25, 0.3) is 0 Å². The Bertz CT molecular complexity index is 448. The van der Waals surface area contributed by atoms with Gasteiger partial charge >= 0.3 is 5.97 Å². The van der Waals surface area contributed by atoms with Crippen LogP contribution in [-0.2, 0) is 9.53 Å². The van der Waals surface area contributed by atoms with E-state index < -0.39 is 11.9 Å². The number of aromatic hydroxyl groups is 1. The van der Waals surface area contributed by atoms with Crippen molar-refractivity contribution in [1.82, 2.24) is 5.32 Å². The van der Waals surface area contributed by atoms with Crippen LogP contribution in [-0.4, -0.2) is 24.2 Å². The number of phenolic OH excluding ortho intramolecular Hbond substituents is 1. The predicted octanol–water partition coefficient (Wildman–Crippen LogP) is 2.38. The Morgan fingerprint density at radius 1 is 1.37 bits per heavy atom. The Morgan fingerprint density at radius 2 is 2.00 bits per heavy atom. The molecule has 0 aliphatic rings. The summed E-state index contributed by atoms with van der Waals surface area (Å²) < 4.78 is 18.4. The fraction of sp³-hybridized carbons (Fsp3) is 0.500. The van der Waals surface area contributed by atoms with Gasteiger partial charge in [0.1, 0.15) is 17.6 Å². The maximum Gasteiger partial charge on any atom is 0.323 e. The van der Waals surface area contributed by atoms with Crippen molar-refractivity contribution in [2.24, 2.45) is 5.92 Å². The first-order valence-electron chi connectivity index (χ1n) is 6.19. The van der Waals surface area contributed by atoms with E-state index in [0.29, 0.717) is 5.56 Å². The van der Waals surface area contributed by atoms with E-state index in [1.54, 1.807) is 6.92 Å². The number of rotatable bonds is 5. The van der Waals surface area contributed by atoms with Crippen LogP contribution < -0.4 is 5.32 Å². The van der Waals surface area contributed by atoms with Crippen molar-refractivity contribution in [3.63, 3.8) is 0 Å². The third-order valence-corrected chi connectivity index (χ3v) is 3.00. The van der Waals surface area contributed by atoms with E-state index in [1.165, 1.54) is 19.2 Å². The van der Waals surface area contributed by atoms with Gasteiger partial charge in [-0.1, -0.05) is 19.9 Å². The van der Waals surface area contributed by atoms with Gasteiger partial charge < -0.3 is 9.84 Å². The third kappa shape index (κ3) is 3.92. The third-order valence-electron chi connectivity index (χ3n) is 3.00. The molecule has 106 valence electrons. The van der Waals surface area contributed by atoms with Crippen LogP contribution in [0.4, 0.5) is 4.39 Å². The predicted molar refractivity (Wildman–Crippen MR) is 70.3 cm³/mol. The van der Waals surface area contributed by atoms with Crippen LogP contribution >= 0.6 is 0 Å². The highest BCUT2D eigenvalue weighted by molar-refractivity contribution is 5.76. The summed E-state index contributed by atoms with van der Waals surface area (Å²) in [7, 11) is 1.32. The summed E-state index contributed by atoms with van der Waals surface area (Å²) >= 11 is 0. The van der Waals surface area contributed by atoms with Gasteiger partial charge in [-0.2, -0.15) is 0 Å². The summed E-state index contributed by atoms with van der Waals surface area (Å²) in [4.78, 5) is 11.6. The molecule has 0 amide bonds. The second-order valence-corrected chi connectivity index (χ2v) is 4.84. The largest absolute Gasteiger partial charge is 0.508 e. The molecule has 0 aliphatic carbocycles. The average Bonchev–Trinajstić information content (AvgIpc) is 2.34. The van der Waals surface area contributed by atoms with Crippen molar-refractivity contribution in [3.05, 3.63) is 29.6 Å². The first-order valence-corrected chi connectivity index (χ1v) is 6.19. The number of carbonyl (C=O) groups is 1. The molecule has 2 atom stereocenters. The molecule has 0 heterocycles. The number of esters is 1. The van der Waals surface area contributed by atoms with Crippen LogP contribution in [0.3, 0.4) is 0 Å². The molecule has 0 saturated heterocycles. The zero-order valence-electron chi connectivity index (χ0n) is 11.6. The zero-order valence-corrected chi connectivity index (χ0v) is 11.6. The molecule has 0 saturated carbocycles. The van der Waals surface area contributed by atoms with E-state index >= 15 is 0 Å². The van der Waals surface area contributed by atoms with Crippen LogP contribution in [0.2, 0.25) is 0 Å². The Morgan fingerprint density at radius 3 is 2.47 bits per heavy atom. The van der Waals surface area contributed by atoms with E-state index in [0.717, 1.165) is 6.07 Å². The molecule has 0 spiro atoms. The van der Waals surface area contributed by atoms with Gasteiger partial charge in [0, 0.05) is 17.7 Å². The summed E-state index contributed by atoms with van der Waals surface area (Å²) in [5.41, 5.74) is 0.396. The fourth-order valence-corrected chi connectivity index (χ4v) is 1.89. The number of hydrogen-bond acceptors (Lipinski definition) is 4. The number of ether oxygens (including phenoxy) is 1. The van der Waals surface area contributed by atoms with Crippen molar-refractivity contribution in [1.29, 1.82) is 0 Å². The number of hydrogen-bond donors (Lipinski definition) is 2. The minimum atomic E-state index is -0.507. The molecule has 0 fully saturated rings. The summed E-state index contributed by atoms with van der Waals surface area (Å²) in [5, 5.41) is 12.2. The molecule has 19 heavy (non-hydrogen) atoms. The number of benzene rings is 1. The van der Waals surface area contributed by atoms with Crippen molar-refractivity contribution in [2.45, 2.75) is 32.9 Å². The Kier molecular flexibility index (Phi) is 5.30. The number of halogens is 1. The van der Waals surface area contributed by atoms with E-state index in [-0.39, 0.29) is 23.7 Å². The minimum absolute atomic E-state index is 0.0232. The quantitative estimate of drug-likeness (QED) is 0.806. The maximum absolute atomic E-state index is 13.7. The smallest absolute Gasteiger partial charge is 0.323 e. The standard InChI is InChI=1S/C14H20FNO3/c1-8(2)13(14(18)19-4)16-9(3)11-6-5-10(17)7-12(11)15/h5-9,13,16-17H,1-4H3. The molecule has 0 radical (unpaired) electrons. The lowest BCUT2D eigenvalue weighted by molar-refractivity contribution is -0.144. The monoisotopic (exact) mass is 269 g/mol. The van der Waals surface area contributed by atoms with Crippen LogP contribution in [0.5, 0.6) is 5.75 Å². The maximum atomic E-state index is 13.7. The van der Waals surface area contributed by atoms with Crippen molar-refractivity contribution in [3.8, 4) is 5.75 Å². The summed E-state index contributed by atoms with van der Waals surface area (Å²) in [6, 6.07) is 3.09. The van der Waals surface area contributed by atoms with Gasteiger partial charge in [0.2, 0.25) is 0 Å². The first kappa shape index (κ1) is 15.4. The van der Waals surface area contributed by atoms with Crippen molar-refractivity contribution < 1.29 is 19.0 Å². The molecule has 1 aromatic carbocycles. The summed E-state index contributed by atoms with van der Waals surface area (Å²) in [6.45, 7) is 5.52. The number of phenols is 1. The molecular weight excluding hydrogens is 249 g/mol. The summed E-state index contributed by atoms with van der Waals surface area (Å²) in [6.07, 6.45) is 0. The molecule has 0 bridgehead atoms. The molecule has 4 nitrogen and oxygen atoms in total. The Hall–Kier alpha value is -1.62. The fourth-order valence-electron chi connectivity index (χ4n) is 1.89. The average molecular weight is 269 g/mol. The van der Waals surface area contributed by atoms with E-state index in [2.05, 4.69) is 5.32 Å². The van der Waals surface area contributed by atoms with Gasteiger partial charge in [-0.3, -0.25) is 10.1 Å². The topological polar surface area (TPSA) is 58.6 Å². The second-order valence-electron chi connectivity index (χ2n) is 4.84. The Labute approximate surface area is 112 Å². The number of carbonyl (C=O) groups excluding carboxylic acids is 1. The van der Waals surface area contributed by atoms with Gasteiger partial charge in [-0.15, -0.1) is 0 Å². The minimum Gasteiger partial charge on any atom is -0.508 e. The van der Waals surface area contributed by atoms with Crippen LogP contribution in [0.15, 0.2) is 18.2 Å². The molecule has 5 heteroatoms. The molecule has 1 aromatic rings. The van der Waals surface area contributed by atoms with Gasteiger partial charge in [0.25, 0.3) is 0 Å². The van der Waals surface area contributed by atoms with Gasteiger partial charge in [-0.05, 0) is 18.9 Å². The lowest BCUT2D eigenvalue weighted by atomic mass is 10.0. The van der Waals surface area contributed by atoms with E-state index in [4.69, 9.17) is 4.74 Å². The van der Waals surface area contributed by atoms with Gasteiger partial charge in [0.05, 0.1) is 7.11 Å². The highest BCUT2D eigenvalue weighted by atomic mass is 19.1. The first-order chi connectivity index (χ1) is 8.86. The lowest BCUT2D eigenvalue weighted by Crippen LogP contribution is -2.43. The molecule has 0 aromatic heterocycles. The molecule has 2 N–H and O–H groups in total. The van der Waals surface area contributed by atoms with Gasteiger partial charge in [-0.25, -0.2) is 4.39 Å². The number of methoxy groups -OCH3 is 1. The summed E-state index contributed by atoms with van der Waals surface area (Å²) in [5.74, 6) is -0.981. The second kappa shape index (κ2) is 6.52. The molecule has 2 unspecified atom stereocenters. The molecular formula is C14H20FNO3. The molecule has 1 rings (SSSR count). The van der Waals surface area contributed by atoms with Crippen molar-refractivity contribution >= 4 is 5.97 Å².